The molecular formula is C15H23ClN4O3. The Morgan fingerprint density at radius 1 is 1.43 bits per heavy atom. The fourth-order valence-electron chi connectivity index (χ4n) is 2.55. The summed E-state index contributed by atoms with van der Waals surface area (Å²) >= 11 is 0. The smallest absolute Gasteiger partial charge is 0.293 e. The lowest BCUT2D eigenvalue weighted by molar-refractivity contribution is -0.384. The van der Waals surface area contributed by atoms with Crippen LogP contribution < -0.4 is 16.0 Å². The number of hydrogen-bond acceptors (Lipinski definition) is 5. The highest BCUT2D eigenvalue weighted by Crippen LogP contribution is 2.31. The molecule has 0 saturated carbocycles. The summed E-state index contributed by atoms with van der Waals surface area (Å²) in [6, 6.07) is 4.67. The minimum absolute atomic E-state index is 0. The summed E-state index contributed by atoms with van der Waals surface area (Å²) in [5.41, 5.74) is 6.51. The Balaban J connectivity index is 0.00000264. The van der Waals surface area contributed by atoms with Crippen molar-refractivity contribution in [3.63, 3.8) is 0 Å². The third kappa shape index (κ3) is 5.07. The van der Waals surface area contributed by atoms with Crippen molar-refractivity contribution in [3.05, 3.63) is 33.9 Å². The van der Waals surface area contributed by atoms with Crippen molar-refractivity contribution in [2.24, 2.45) is 5.73 Å². The standard InChI is InChI=1S/C15H22N4O3.ClH/c1-11(16)6-7-17-15(20)12-4-5-13(14(10-12)19(21)22)18-8-2-3-9-18;/h4-5,10-11H,2-3,6-9,16H2,1H3,(H,17,20);1H. The van der Waals surface area contributed by atoms with Gasteiger partial charge in [0.2, 0.25) is 0 Å². The lowest BCUT2D eigenvalue weighted by Gasteiger charge is -2.17. The zero-order valence-corrected chi connectivity index (χ0v) is 14.0. The summed E-state index contributed by atoms with van der Waals surface area (Å²) in [4.78, 5) is 24.9. The van der Waals surface area contributed by atoms with Crippen molar-refractivity contribution in [1.82, 2.24) is 5.32 Å². The number of carbonyl (C=O) groups excluding carboxylic acids is 1. The van der Waals surface area contributed by atoms with Gasteiger partial charge in [-0.05, 0) is 38.3 Å². The minimum Gasteiger partial charge on any atom is -0.366 e. The monoisotopic (exact) mass is 342 g/mol. The van der Waals surface area contributed by atoms with Crippen LogP contribution in [-0.4, -0.2) is 36.5 Å². The molecule has 2 rings (SSSR count). The largest absolute Gasteiger partial charge is 0.366 e. The first kappa shape index (κ1) is 19.2. The second-order valence-electron chi connectivity index (χ2n) is 5.68. The van der Waals surface area contributed by atoms with E-state index in [0.717, 1.165) is 25.9 Å². The first-order valence-electron chi connectivity index (χ1n) is 7.56. The van der Waals surface area contributed by atoms with E-state index in [2.05, 4.69) is 5.32 Å². The van der Waals surface area contributed by atoms with E-state index in [-0.39, 0.29) is 30.0 Å². The highest BCUT2D eigenvalue weighted by atomic mass is 35.5. The fraction of sp³-hybridized carbons (Fsp3) is 0.533. The number of nitrogens with two attached hydrogens (primary N) is 1. The van der Waals surface area contributed by atoms with E-state index in [4.69, 9.17) is 5.73 Å². The van der Waals surface area contributed by atoms with Crippen molar-refractivity contribution in [2.75, 3.05) is 24.5 Å². The Kier molecular flexibility index (Phi) is 7.25. The summed E-state index contributed by atoms with van der Waals surface area (Å²) in [5, 5.41) is 14.0. The van der Waals surface area contributed by atoms with Gasteiger partial charge in [-0.25, -0.2) is 0 Å². The van der Waals surface area contributed by atoms with Crippen LogP contribution in [0.1, 0.15) is 36.5 Å². The number of nitro groups is 1. The van der Waals surface area contributed by atoms with Crippen LogP contribution in [0.2, 0.25) is 0 Å². The third-order valence-electron chi connectivity index (χ3n) is 3.77. The van der Waals surface area contributed by atoms with Gasteiger partial charge in [0.1, 0.15) is 5.69 Å². The zero-order chi connectivity index (χ0) is 16.1. The summed E-state index contributed by atoms with van der Waals surface area (Å²) < 4.78 is 0. The van der Waals surface area contributed by atoms with Crippen LogP contribution >= 0.6 is 12.4 Å². The average Bonchev–Trinajstić information content (AvgIpc) is 3.00. The number of nitrogens with zero attached hydrogens (tertiary/aromatic N) is 2. The molecule has 1 atom stereocenters. The van der Waals surface area contributed by atoms with Crippen molar-refractivity contribution in [2.45, 2.75) is 32.2 Å². The normalized spacial score (nSPS) is 15.0. The van der Waals surface area contributed by atoms with Gasteiger partial charge in [0.05, 0.1) is 4.92 Å². The number of rotatable bonds is 6. The van der Waals surface area contributed by atoms with E-state index in [1.54, 1.807) is 12.1 Å². The Morgan fingerprint density at radius 2 is 2.09 bits per heavy atom. The van der Waals surface area contributed by atoms with Gasteiger partial charge < -0.3 is 16.0 Å². The van der Waals surface area contributed by atoms with Crippen LogP contribution in [0.15, 0.2) is 18.2 Å². The Bertz CT molecular complexity index is 560. The van der Waals surface area contributed by atoms with Crippen LogP contribution in [-0.2, 0) is 0 Å². The summed E-state index contributed by atoms with van der Waals surface area (Å²) in [7, 11) is 0. The molecule has 1 aromatic rings. The summed E-state index contributed by atoms with van der Waals surface area (Å²) in [5.74, 6) is -0.309. The second kappa shape index (κ2) is 8.69. The van der Waals surface area contributed by atoms with E-state index in [1.165, 1.54) is 6.07 Å². The highest BCUT2D eigenvalue weighted by Gasteiger charge is 2.23. The molecule has 1 aromatic carbocycles. The minimum atomic E-state index is -0.424. The predicted octanol–water partition coefficient (Wildman–Crippen LogP) is 2.08. The van der Waals surface area contributed by atoms with Gasteiger partial charge >= 0.3 is 0 Å². The molecule has 23 heavy (non-hydrogen) atoms. The first-order valence-corrected chi connectivity index (χ1v) is 7.56. The predicted molar refractivity (Wildman–Crippen MR) is 92.4 cm³/mol. The number of amides is 1. The average molecular weight is 343 g/mol. The van der Waals surface area contributed by atoms with Crippen LogP contribution in [0.5, 0.6) is 0 Å². The SMILES string of the molecule is CC(N)CCNC(=O)c1ccc(N2CCCC2)c([N+](=O)[O-])c1.Cl. The highest BCUT2D eigenvalue weighted by molar-refractivity contribution is 5.95. The molecular weight excluding hydrogens is 320 g/mol. The van der Waals surface area contributed by atoms with Crippen LogP contribution in [0, 0.1) is 10.1 Å². The number of halogens is 1. The molecule has 0 spiro atoms. The summed E-state index contributed by atoms with van der Waals surface area (Å²) in [6.45, 7) is 3.96. The number of carbonyl (C=O) groups is 1. The van der Waals surface area contributed by atoms with E-state index in [0.29, 0.717) is 24.2 Å². The molecule has 0 bridgehead atoms. The molecule has 0 aliphatic carbocycles. The molecule has 0 radical (unpaired) electrons. The summed E-state index contributed by atoms with van der Waals surface area (Å²) in [6.07, 6.45) is 2.74. The Labute approximate surface area is 141 Å². The van der Waals surface area contributed by atoms with Gasteiger partial charge in [-0.3, -0.25) is 14.9 Å². The number of hydrogen-bond donors (Lipinski definition) is 2. The molecule has 3 N–H and O–H groups in total. The quantitative estimate of drug-likeness (QED) is 0.608. The zero-order valence-electron chi connectivity index (χ0n) is 13.2. The van der Waals surface area contributed by atoms with E-state index < -0.39 is 4.92 Å². The van der Waals surface area contributed by atoms with Gasteiger partial charge in [-0.1, -0.05) is 0 Å². The topological polar surface area (TPSA) is 102 Å². The van der Waals surface area contributed by atoms with Crippen molar-refractivity contribution in [1.29, 1.82) is 0 Å². The molecule has 0 aromatic heterocycles. The Hall–Kier alpha value is -1.86. The maximum absolute atomic E-state index is 12.0. The molecule has 1 fully saturated rings. The van der Waals surface area contributed by atoms with Gasteiger partial charge in [-0.15, -0.1) is 12.4 Å². The van der Waals surface area contributed by atoms with E-state index in [1.807, 2.05) is 11.8 Å². The van der Waals surface area contributed by atoms with E-state index in [9.17, 15) is 14.9 Å². The first-order chi connectivity index (χ1) is 10.5. The van der Waals surface area contributed by atoms with Crippen LogP contribution in [0.25, 0.3) is 0 Å². The number of nitro benzene ring substituents is 1. The lowest BCUT2D eigenvalue weighted by atomic mass is 10.1. The maximum atomic E-state index is 12.0. The van der Waals surface area contributed by atoms with Gasteiger partial charge in [0.25, 0.3) is 11.6 Å². The molecule has 1 saturated heterocycles. The number of nitrogens with one attached hydrogen (secondary N) is 1. The third-order valence-corrected chi connectivity index (χ3v) is 3.77. The fourth-order valence-corrected chi connectivity index (χ4v) is 2.55. The van der Waals surface area contributed by atoms with Gasteiger partial charge in [0, 0.05) is 37.3 Å². The molecule has 128 valence electrons. The maximum Gasteiger partial charge on any atom is 0.293 e. The van der Waals surface area contributed by atoms with Crippen molar-refractivity contribution < 1.29 is 9.72 Å². The molecule has 1 aliphatic heterocycles. The molecule has 1 aliphatic rings. The van der Waals surface area contributed by atoms with Crippen LogP contribution in [0.4, 0.5) is 11.4 Å². The number of anilines is 1. The van der Waals surface area contributed by atoms with Gasteiger partial charge in [0.15, 0.2) is 0 Å². The second-order valence-corrected chi connectivity index (χ2v) is 5.68. The molecule has 1 unspecified atom stereocenters. The Morgan fingerprint density at radius 3 is 2.65 bits per heavy atom. The molecule has 1 heterocycles. The molecule has 7 nitrogen and oxygen atoms in total. The van der Waals surface area contributed by atoms with Crippen molar-refractivity contribution >= 4 is 29.7 Å². The number of benzene rings is 1. The van der Waals surface area contributed by atoms with Crippen LogP contribution in [0.3, 0.4) is 0 Å². The lowest BCUT2D eigenvalue weighted by Crippen LogP contribution is -2.29. The molecule has 8 heteroatoms. The van der Waals surface area contributed by atoms with Crippen molar-refractivity contribution in [3.8, 4) is 0 Å². The van der Waals surface area contributed by atoms with Gasteiger partial charge in [-0.2, -0.15) is 0 Å². The van der Waals surface area contributed by atoms with E-state index >= 15 is 0 Å². The molecule has 1 amide bonds.